The largest absolute Gasteiger partial charge is 0.496 e. The molecule has 0 radical (unpaired) electrons. The van der Waals surface area contributed by atoms with Crippen molar-refractivity contribution in [1.82, 2.24) is 4.98 Å². The third-order valence-electron chi connectivity index (χ3n) is 3.71. The summed E-state index contributed by atoms with van der Waals surface area (Å²) in [5.74, 6) is 1.43. The van der Waals surface area contributed by atoms with Crippen molar-refractivity contribution in [2.75, 3.05) is 7.11 Å². The number of benzene rings is 2. The Bertz CT molecular complexity index is 844. The molecule has 0 aliphatic heterocycles. The standard InChI is InChI=1S/C19H16ClNO3/c1-23-18-5-3-2-4-14(18)10-15(22)8-13-6-7-16(17(20)9-13)19-11-21-12-24-19/h2-7,9,11-12H,8,10H2,1H3. The van der Waals surface area contributed by atoms with Gasteiger partial charge in [0, 0.05) is 24.0 Å². The fourth-order valence-corrected chi connectivity index (χ4v) is 2.87. The molecule has 0 spiro atoms. The van der Waals surface area contributed by atoms with E-state index in [9.17, 15) is 4.79 Å². The van der Waals surface area contributed by atoms with E-state index < -0.39 is 0 Å². The number of Topliss-reactive ketones (excluding diaryl/α,β-unsaturated/α-hetero) is 1. The minimum Gasteiger partial charge on any atom is -0.496 e. The van der Waals surface area contributed by atoms with E-state index in [0.29, 0.717) is 23.6 Å². The Hall–Kier alpha value is -2.59. The summed E-state index contributed by atoms with van der Waals surface area (Å²) in [6.45, 7) is 0. The number of para-hydroxylation sites is 1. The van der Waals surface area contributed by atoms with Crippen molar-refractivity contribution >= 4 is 17.4 Å². The lowest BCUT2D eigenvalue weighted by Crippen LogP contribution is -2.07. The molecule has 0 bridgehead atoms. The van der Waals surface area contributed by atoms with Crippen LogP contribution in [0.25, 0.3) is 11.3 Å². The van der Waals surface area contributed by atoms with Gasteiger partial charge in [-0.2, -0.15) is 0 Å². The Morgan fingerprint density at radius 2 is 2.04 bits per heavy atom. The maximum atomic E-state index is 12.3. The Balaban J connectivity index is 1.72. The summed E-state index contributed by atoms with van der Waals surface area (Å²) < 4.78 is 10.5. The molecular weight excluding hydrogens is 326 g/mol. The highest BCUT2D eigenvalue weighted by molar-refractivity contribution is 6.33. The molecular formula is C19H16ClNO3. The highest BCUT2D eigenvalue weighted by Crippen LogP contribution is 2.28. The van der Waals surface area contributed by atoms with Crippen LogP contribution >= 0.6 is 11.6 Å². The predicted molar refractivity (Wildman–Crippen MR) is 92.4 cm³/mol. The topological polar surface area (TPSA) is 52.3 Å². The van der Waals surface area contributed by atoms with E-state index in [4.69, 9.17) is 20.8 Å². The zero-order chi connectivity index (χ0) is 16.9. The van der Waals surface area contributed by atoms with Crippen LogP contribution in [-0.2, 0) is 17.6 Å². The monoisotopic (exact) mass is 341 g/mol. The summed E-state index contributed by atoms with van der Waals surface area (Å²) in [5.41, 5.74) is 2.51. The minimum absolute atomic E-state index is 0.1000. The number of hydrogen-bond acceptors (Lipinski definition) is 4. The number of rotatable bonds is 6. The van der Waals surface area contributed by atoms with Gasteiger partial charge in [0.15, 0.2) is 12.2 Å². The second kappa shape index (κ2) is 7.32. The molecule has 0 unspecified atom stereocenters. The van der Waals surface area contributed by atoms with Crippen molar-refractivity contribution in [3.05, 3.63) is 71.2 Å². The first-order valence-corrected chi connectivity index (χ1v) is 7.86. The van der Waals surface area contributed by atoms with Gasteiger partial charge >= 0.3 is 0 Å². The van der Waals surface area contributed by atoms with Gasteiger partial charge in [0.25, 0.3) is 0 Å². The van der Waals surface area contributed by atoms with Gasteiger partial charge in [-0.1, -0.05) is 35.9 Å². The smallest absolute Gasteiger partial charge is 0.181 e. The predicted octanol–water partition coefficient (Wildman–Crippen LogP) is 4.36. The van der Waals surface area contributed by atoms with E-state index in [-0.39, 0.29) is 5.78 Å². The average molecular weight is 342 g/mol. The third kappa shape index (κ3) is 3.66. The molecule has 3 aromatic rings. The lowest BCUT2D eigenvalue weighted by molar-refractivity contribution is -0.117. The van der Waals surface area contributed by atoms with Crippen LogP contribution < -0.4 is 4.74 Å². The van der Waals surface area contributed by atoms with E-state index in [1.165, 1.54) is 6.39 Å². The molecule has 0 saturated heterocycles. The van der Waals surface area contributed by atoms with Gasteiger partial charge in [-0.25, -0.2) is 4.98 Å². The first-order valence-electron chi connectivity index (χ1n) is 7.48. The molecule has 2 aromatic carbocycles. The molecule has 4 nitrogen and oxygen atoms in total. The van der Waals surface area contributed by atoms with Crippen molar-refractivity contribution in [3.63, 3.8) is 0 Å². The van der Waals surface area contributed by atoms with Gasteiger partial charge in [-0.15, -0.1) is 0 Å². The first kappa shape index (κ1) is 16.3. The molecule has 122 valence electrons. The summed E-state index contributed by atoms with van der Waals surface area (Å²) in [5, 5.41) is 0.536. The van der Waals surface area contributed by atoms with E-state index in [2.05, 4.69) is 4.98 Å². The van der Waals surface area contributed by atoms with Gasteiger partial charge in [0.05, 0.1) is 18.3 Å². The van der Waals surface area contributed by atoms with Crippen LogP contribution in [0.2, 0.25) is 5.02 Å². The van der Waals surface area contributed by atoms with Crippen molar-refractivity contribution in [1.29, 1.82) is 0 Å². The molecule has 0 aliphatic rings. The van der Waals surface area contributed by atoms with Gasteiger partial charge in [-0.3, -0.25) is 4.79 Å². The summed E-state index contributed by atoms with van der Waals surface area (Å²) in [7, 11) is 1.60. The average Bonchev–Trinajstić information content (AvgIpc) is 3.09. The van der Waals surface area contributed by atoms with E-state index >= 15 is 0 Å². The number of ether oxygens (including phenoxy) is 1. The molecule has 0 saturated carbocycles. The molecule has 1 heterocycles. The number of hydrogen-bond donors (Lipinski definition) is 0. The van der Waals surface area contributed by atoms with Crippen LogP contribution in [0.5, 0.6) is 5.75 Å². The van der Waals surface area contributed by atoms with Crippen LogP contribution in [0.1, 0.15) is 11.1 Å². The quantitative estimate of drug-likeness (QED) is 0.668. The number of halogens is 1. The van der Waals surface area contributed by atoms with Gasteiger partial charge in [0.1, 0.15) is 11.5 Å². The van der Waals surface area contributed by atoms with Crippen LogP contribution in [0.15, 0.2) is 59.5 Å². The van der Waals surface area contributed by atoms with Crippen molar-refractivity contribution < 1.29 is 13.9 Å². The number of carbonyl (C=O) groups is 1. The normalized spacial score (nSPS) is 10.6. The first-order chi connectivity index (χ1) is 11.7. The van der Waals surface area contributed by atoms with Crippen molar-refractivity contribution in [2.45, 2.75) is 12.8 Å². The fourth-order valence-electron chi connectivity index (χ4n) is 2.57. The molecule has 0 amide bonds. The number of nitrogens with zero attached hydrogens (tertiary/aromatic N) is 1. The van der Waals surface area contributed by atoms with Crippen LogP contribution in [0, 0.1) is 0 Å². The number of aromatic nitrogens is 1. The van der Waals surface area contributed by atoms with Gasteiger partial charge < -0.3 is 9.15 Å². The number of carbonyl (C=O) groups excluding carboxylic acids is 1. The summed E-state index contributed by atoms with van der Waals surface area (Å²) >= 11 is 6.29. The Labute approximate surface area is 145 Å². The lowest BCUT2D eigenvalue weighted by atomic mass is 10.0. The van der Waals surface area contributed by atoms with Crippen molar-refractivity contribution in [2.24, 2.45) is 0 Å². The Morgan fingerprint density at radius 1 is 1.21 bits per heavy atom. The second-order valence-electron chi connectivity index (χ2n) is 5.38. The number of methoxy groups -OCH3 is 1. The summed E-state index contributed by atoms with van der Waals surface area (Å²) in [4.78, 5) is 16.2. The maximum Gasteiger partial charge on any atom is 0.181 e. The van der Waals surface area contributed by atoms with E-state index in [1.54, 1.807) is 19.4 Å². The highest BCUT2D eigenvalue weighted by Gasteiger charge is 2.12. The Kier molecular flexibility index (Phi) is 4.96. The molecule has 5 heteroatoms. The second-order valence-corrected chi connectivity index (χ2v) is 5.79. The summed E-state index contributed by atoms with van der Waals surface area (Å²) in [6, 6.07) is 13.0. The molecule has 0 N–H and O–H groups in total. The molecule has 3 rings (SSSR count). The zero-order valence-electron chi connectivity index (χ0n) is 13.2. The third-order valence-corrected chi connectivity index (χ3v) is 4.03. The van der Waals surface area contributed by atoms with Gasteiger partial charge in [-0.05, 0) is 23.8 Å². The molecule has 0 atom stereocenters. The number of oxazole rings is 1. The van der Waals surface area contributed by atoms with Crippen molar-refractivity contribution in [3.8, 4) is 17.1 Å². The lowest BCUT2D eigenvalue weighted by Gasteiger charge is -2.08. The zero-order valence-corrected chi connectivity index (χ0v) is 13.9. The van der Waals surface area contributed by atoms with Crippen LogP contribution in [0.3, 0.4) is 0 Å². The van der Waals surface area contributed by atoms with E-state index in [1.807, 2.05) is 36.4 Å². The molecule has 24 heavy (non-hydrogen) atoms. The van der Waals surface area contributed by atoms with E-state index in [0.717, 1.165) is 22.4 Å². The van der Waals surface area contributed by atoms with Gasteiger partial charge in [0.2, 0.25) is 0 Å². The van der Waals surface area contributed by atoms with Crippen LogP contribution in [0.4, 0.5) is 0 Å². The fraction of sp³-hybridized carbons (Fsp3) is 0.158. The molecule has 0 aliphatic carbocycles. The molecule has 0 fully saturated rings. The SMILES string of the molecule is COc1ccccc1CC(=O)Cc1ccc(-c2cnco2)c(Cl)c1. The Morgan fingerprint density at radius 3 is 2.75 bits per heavy atom. The minimum atomic E-state index is 0.1000. The highest BCUT2D eigenvalue weighted by atomic mass is 35.5. The number of ketones is 1. The van der Waals surface area contributed by atoms with Crippen LogP contribution in [-0.4, -0.2) is 17.9 Å². The maximum absolute atomic E-state index is 12.3. The molecule has 1 aromatic heterocycles. The summed E-state index contributed by atoms with van der Waals surface area (Å²) in [6.07, 6.45) is 3.60.